The van der Waals surface area contributed by atoms with E-state index in [9.17, 15) is 4.79 Å². The number of hydrogen-bond donors (Lipinski definition) is 0. The van der Waals surface area contributed by atoms with Gasteiger partial charge in [-0.1, -0.05) is 6.07 Å². The summed E-state index contributed by atoms with van der Waals surface area (Å²) in [6, 6.07) is 4.24. The topological polar surface area (TPSA) is 35.5 Å². The number of aryl methyl sites for hydroxylation is 2. The van der Waals surface area contributed by atoms with E-state index in [1.54, 1.807) is 14.0 Å². The monoisotopic (exact) mass is 262 g/mol. The molecule has 0 atom stereocenters. The molecule has 0 radical (unpaired) electrons. The first-order valence-electron chi connectivity index (χ1n) is 6.71. The molecule has 1 aromatic carbocycles. The second-order valence-corrected chi connectivity index (χ2v) is 5.63. The van der Waals surface area contributed by atoms with Crippen LogP contribution in [0.25, 0.3) is 0 Å². The lowest BCUT2D eigenvalue weighted by molar-refractivity contribution is -0.119. The first-order chi connectivity index (χ1) is 8.98. The predicted octanol–water partition coefficient (Wildman–Crippen LogP) is 2.95. The number of Topliss-reactive ketones (excluding diaryl/α,β-unsaturated/α-hetero) is 1. The summed E-state index contributed by atoms with van der Waals surface area (Å²) in [5, 5.41) is 0. The van der Waals surface area contributed by atoms with Crippen molar-refractivity contribution in [2.45, 2.75) is 39.0 Å². The van der Waals surface area contributed by atoms with E-state index < -0.39 is 0 Å². The molecule has 0 amide bonds. The van der Waals surface area contributed by atoms with Gasteiger partial charge in [-0.15, -0.1) is 0 Å². The molecule has 1 fully saturated rings. The van der Waals surface area contributed by atoms with Gasteiger partial charge in [0.1, 0.15) is 11.5 Å². The third-order valence-corrected chi connectivity index (χ3v) is 3.91. The lowest BCUT2D eigenvalue weighted by Crippen LogP contribution is -2.47. The van der Waals surface area contributed by atoms with Crippen molar-refractivity contribution in [3.8, 4) is 5.75 Å². The minimum absolute atomic E-state index is 0.0468. The second kappa shape index (κ2) is 5.33. The molecular weight excluding hydrogens is 240 g/mol. The molecule has 104 valence electrons. The van der Waals surface area contributed by atoms with Crippen molar-refractivity contribution in [2.75, 3.05) is 20.3 Å². The van der Waals surface area contributed by atoms with Gasteiger partial charge in [-0.25, -0.2) is 0 Å². The molecule has 0 saturated carbocycles. The van der Waals surface area contributed by atoms with Crippen LogP contribution in [-0.4, -0.2) is 26.1 Å². The van der Waals surface area contributed by atoms with Crippen molar-refractivity contribution in [2.24, 2.45) is 0 Å². The van der Waals surface area contributed by atoms with Crippen LogP contribution in [0.5, 0.6) is 5.75 Å². The normalized spacial score (nSPS) is 16.8. The second-order valence-electron chi connectivity index (χ2n) is 5.63. The SMILES string of the molecule is COc1cc(C)cc(C)c1C1(CCC(C)=O)COC1. The molecule has 0 bridgehead atoms. The van der Waals surface area contributed by atoms with Crippen LogP contribution in [0.1, 0.15) is 36.5 Å². The van der Waals surface area contributed by atoms with Gasteiger partial charge in [-0.05, 0) is 44.4 Å². The van der Waals surface area contributed by atoms with Crippen molar-refractivity contribution >= 4 is 5.78 Å². The molecule has 19 heavy (non-hydrogen) atoms. The average molecular weight is 262 g/mol. The Morgan fingerprint density at radius 1 is 1.37 bits per heavy atom. The van der Waals surface area contributed by atoms with Crippen LogP contribution in [0.4, 0.5) is 0 Å². The first-order valence-corrected chi connectivity index (χ1v) is 6.71. The van der Waals surface area contributed by atoms with Crippen molar-refractivity contribution < 1.29 is 14.3 Å². The van der Waals surface area contributed by atoms with E-state index in [1.165, 1.54) is 16.7 Å². The van der Waals surface area contributed by atoms with E-state index in [0.29, 0.717) is 19.6 Å². The first kappa shape index (κ1) is 14.1. The van der Waals surface area contributed by atoms with Gasteiger partial charge in [0.05, 0.1) is 20.3 Å². The highest BCUT2D eigenvalue weighted by Gasteiger charge is 2.43. The average Bonchev–Trinajstić information content (AvgIpc) is 2.28. The quantitative estimate of drug-likeness (QED) is 0.818. The van der Waals surface area contributed by atoms with Crippen LogP contribution < -0.4 is 4.74 Å². The smallest absolute Gasteiger partial charge is 0.129 e. The summed E-state index contributed by atoms with van der Waals surface area (Å²) in [6.45, 7) is 7.19. The molecule has 0 aliphatic carbocycles. The van der Waals surface area contributed by atoms with Gasteiger partial charge >= 0.3 is 0 Å². The number of ketones is 1. The third kappa shape index (κ3) is 2.66. The molecule has 0 aromatic heterocycles. The number of carbonyl (C=O) groups excluding carboxylic acids is 1. The minimum Gasteiger partial charge on any atom is -0.496 e. The largest absolute Gasteiger partial charge is 0.496 e. The fraction of sp³-hybridized carbons (Fsp3) is 0.562. The molecule has 3 nitrogen and oxygen atoms in total. The fourth-order valence-electron chi connectivity index (χ4n) is 2.95. The maximum Gasteiger partial charge on any atom is 0.129 e. The molecular formula is C16H22O3. The molecule has 0 spiro atoms. The van der Waals surface area contributed by atoms with Crippen LogP contribution in [0.2, 0.25) is 0 Å². The van der Waals surface area contributed by atoms with Gasteiger partial charge in [0.25, 0.3) is 0 Å². The van der Waals surface area contributed by atoms with E-state index in [-0.39, 0.29) is 11.2 Å². The number of methoxy groups -OCH3 is 1. The highest BCUT2D eigenvalue weighted by molar-refractivity contribution is 5.75. The Balaban J connectivity index is 2.40. The lowest BCUT2D eigenvalue weighted by Gasteiger charge is -2.43. The summed E-state index contributed by atoms with van der Waals surface area (Å²) in [5.74, 6) is 1.15. The van der Waals surface area contributed by atoms with Crippen molar-refractivity contribution in [3.63, 3.8) is 0 Å². The van der Waals surface area contributed by atoms with E-state index >= 15 is 0 Å². The van der Waals surface area contributed by atoms with E-state index in [2.05, 4.69) is 26.0 Å². The summed E-state index contributed by atoms with van der Waals surface area (Å²) in [6.07, 6.45) is 1.43. The van der Waals surface area contributed by atoms with Gasteiger partial charge < -0.3 is 14.3 Å². The zero-order chi connectivity index (χ0) is 14.0. The Hall–Kier alpha value is -1.35. The Morgan fingerprint density at radius 2 is 2.05 bits per heavy atom. The summed E-state index contributed by atoms with van der Waals surface area (Å²) in [7, 11) is 1.70. The van der Waals surface area contributed by atoms with Crippen LogP contribution in [-0.2, 0) is 14.9 Å². The van der Waals surface area contributed by atoms with E-state index in [0.717, 1.165) is 12.2 Å². The molecule has 3 heteroatoms. The summed E-state index contributed by atoms with van der Waals surface area (Å²) in [5.41, 5.74) is 3.59. The molecule has 1 aromatic rings. The lowest BCUT2D eigenvalue weighted by atomic mass is 9.72. The zero-order valence-electron chi connectivity index (χ0n) is 12.2. The van der Waals surface area contributed by atoms with Crippen molar-refractivity contribution in [3.05, 3.63) is 28.8 Å². The molecule has 1 heterocycles. The number of hydrogen-bond acceptors (Lipinski definition) is 3. The molecule has 1 aliphatic heterocycles. The third-order valence-electron chi connectivity index (χ3n) is 3.91. The molecule has 1 aliphatic rings. The van der Waals surface area contributed by atoms with Gasteiger partial charge in [0.15, 0.2) is 0 Å². The molecule has 0 unspecified atom stereocenters. The Bertz CT molecular complexity index is 487. The number of carbonyl (C=O) groups is 1. The maximum absolute atomic E-state index is 11.3. The van der Waals surface area contributed by atoms with Gasteiger partial charge in [-0.3, -0.25) is 0 Å². The predicted molar refractivity (Wildman–Crippen MR) is 74.9 cm³/mol. The van der Waals surface area contributed by atoms with Crippen LogP contribution in [0, 0.1) is 13.8 Å². The maximum atomic E-state index is 11.3. The molecule has 2 rings (SSSR count). The highest BCUT2D eigenvalue weighted by Crippen LogP contribution is 2.43. The summed E-state index contributed by atoms with van der Waals surface area (Å²) in [4.78, 5) is 11.3. The van der Waals surface area contributed by atoms with Gasteiger partial charge in [-0.2, -0.15) is 0 Å². The Labute approximate surface area is 114 Å². The number of benzene rings is 1. The minimum atomic E-state index is -0.0468. The highest BCUT2D eigenvalue weighted by atomic mass is 16.5. The van der Waals surface area contributed by atoms with Gasteiger partial charge in [0, 0.05) is 17.4 Å². The fourth-order valence-corrected chi connectivity index (χ4v) is 2.95. The van der Waals surface area contributed by atoms with Crippen molar-refractivity contribution in [1.82, 2.24) is 0 Å². The van der Waals surface area contributed by atoms with Crippen LogP contribution in [0.3, 0.4) is 0 Å². The molecule has 1 saturated heterocycles. The van der Waals surface area contributed by atoms with E-state index in [1.807, 2.05) is 0 Å². The van der Waals surface area contributed by atoms with Crippen molar-refractivity contribution in [1.29, 1.82) is 0 Å². The van der Waals surface area contributed by atoms with Crippen LogP contribution >= 0.6 is 0 Å². The number of ether oxygens (including phenoxy) is 2. The zero-order valence-corrected chi connectivity index (χ0v) is 12.2. The number of rotatable bonds is 5. The van der Waals surface area contributed by atoms with E-state index in [4.69, 9.17) is 9.47 Å². The summed E-state index contributed by atoms with van der Waals surface area (Å²) >= 11 is 0. The Kier molecular flexibility index (Phi) is 3.95. The van der Waals surface area contributed by atoms with Crippen LogP contribution in [0.15, 0.2) is 12.1 Å². The molecule has 0 N–H and O–H groups in total. The summed E-state index contributed by atoms with van der Waals surface area (Å²) < 4.78 is 11.0. The Morgan fingerprint density at radius 3 is 2.53 bits per heavy atom. The van der Waals surface area contributed by atoms with Gasteiger partial charge in [0.2, 0.25) is 0 Å². The standard InChI is InChI=1S/C16H22O3/c1-11-7-12(2)15(14(8-11)18-4)16(9-19-10-16)6-5-13(3)17/h7-8H,5-6,9-10H2,1-4H3.